The zero-order valence-corrected chi connectivity index (χ0v) is 20.4. The van der Waals surface area contributed by atoms with Gasteiger partial charge in [0.2, 0.25) is 5.89 Å². The number of benzene rings is 3. The fourth-order valence-electron chi connectivity index (χ4n) is 4.41. The SMILES string of the molecule is CCOC(=O)COc1cccc2c1CCC2SCc1nc(-c2ccccc2)c(-c2ccccc2)o1. The first kappa shape index (κ1) is 23.2. The highest BCUT2D eigenvalue weighted by Gasteiger charge is 2.27. The molecule has 0 aliphatic heterocycles. The number of fused-ring (bicyclic) bond motifs is 1. The van der Waals surface area contributed by atoms with E-state index in [-0.39, 0.29) is 12.6 Å². The first-order valence-corrected chi connectivity index (χ1v) is 12.9. The minimum atomic E-state index is -0.346. The Morgan fingerprint density at radius 2 is 1.74 bits per heavy atom. The van der Waals surface area contributed by atoms with Gasteiger partial charge in [0, 0.05) is 16.4 Å². The van der Waals surface area contributed by atoms with Gasteiger partial charge in [-0.1, -0.05) is 72.8 Å². The maximum atomic E-state index is 11.7. The first-order valence-electron chi connectivity index (χ1n) is 11.8. The smallest absolute Gasteiger partial charge is 0.344 e. The third-order valence-electron chi connectivity index (χ3n) is 5.99. The Kier molecular flexibility index (Phi) is 7.19. The third kappa shape index (κ3) is 5.28. The lowest BCUT2D eigenvalue weighted by Gasteiger charge is -2.13. The maximum absolute atomic E-state index is 11.7. The van der Waals surface area contributed by atoms with E-state index in [4.69, 9.17) is 18.9 Å². The van der Waals surface area contributed by atoms with E-state index in [0.29, 0.717) is 17.6 Å². The van der Waals surface area contributed by atoms with Gasteiger partial charge in [0.05, 0.1) is 12.4 Å². The van der Waals surface area contributed by atoms with E-state index in [1.165, 1.54) is 11.1 Å². The number of esters is 1. The number of rotatable bonds is 9. The van der Waals surface area contributed by atoms with Gasteiger partial charge in [-0.15, -0.1) is 11.8 Å². The summed E-state index contributed by atoms with van der Waals surface area (Å²) in [6, 6.07) is 26.4. The molecule has 3 aromatic carbocycles. The van der Waals surface area contributed by atoms with E-state index in [1.54, 1.807) is 6.92 Å². The molecule has 0 saturated carbocycles. The van der Waals surface area contributed by atoms with Crippen molar-refractivity contribution in [3.05, 3.63) is 95.9 Å². The minimum absolute atomic E-state index is 0.0665. The van der Waals surface area contributed by atoms with Crippen molar-refractivity contribution in [2.24, 2.45) is 0 Å². The topological polar surface area (TPSA) is 61.6 Å². The van der Waals surface area contributed by atoms with Gasteiger partial charge in [-0.3, -0.25) is 0 Å². The van der Waals surface area contributed by atoms with E-state index in [1.807, 2.05) is 60.3 Å². The molecule has 178 valence electrons. The summed E-state index contributed by atoms with van der Waals surface area (Å²) in [5.74, 6) is 2.61. The van der Waals surface area contributed by atoms with Crippen molar-refractivity contribution in [1.29, 1.82) is 0 Å². The summed E-state index contributed by atoms with van der Waals surface area (Å²) in [4.78, 5) is 16.6. The number of hydrogen-bond acceptors (Lipinski definition) is 6. The lowest BCUT2D eigenvalue weighted by molar-refractivity contribution is -0.145. The van der Waals surface area contributed by atoms with Gasteiger partial charge in [0.25, 0.3) is 0 Å². The van der Waals surface area contributed by atoms with Gasteiger partial charge in [-0.25, -0.2) is 9.78 Å². The number of oxazole rings is 1. The molecule has 5 nitrogen and oxygen atoms in total. The van der Waals surface area contributed by atoms with Crippen molar-refractivity contribution < 1.29 is 18.7 Å². The number of ether oxygens (including phenoxy) is 2. The second kappa shape index (κ2) is 10.8. The summed E-state index contributed by atoms with van der Waals surface area (Å²) in [6.07, 6.45) is 1.93. The van der Waals surface area contributed by atoms with Gasteiger partial charge in [0.15, 0.2) is 12.4 Å². The summed E-state index contributed by atoms with van der Waals surface area (Å²) in [6.45, 7) is 2.08. The average molecular weight is 486 g/mol. The van der Waals surface area contributed by atoms with Gasteiger partial charge in [-0.05, 0) is 37.0 Å². The van der Waals surface area contributed by atoms with Crippen LogP contribution in [0.15, 0.2) is 83.3 Å². The molecule has 1 aromatic heterocycles. The molecule has 1 atom stereocenters. The Morgan fingerprint density at radius 1 is 1.00 bits per heavy atom. The Hall–Kier alpha value is -3.51. The Balaban J connectivity index is 1.33. The normalized spacial score (nSPS) is 14.5. The van der Waals surface area contributed by atoms with E-state index < -0.39 is 0 Å². The Bertz CT molecular complexity index is 1230. The minimum Gasteiger partial charge on any atom is -0.482 e. The van der Waals surface area contributed by atoms with Crippen LogP contribution in [0.3, 0.4) is 0 Å². The molecule has 0 N–H and O–H groups in total. The molecule has 6 heteroatoms. The Morgan fingerprint density at radius 3 is 2.49 bits per heavy atom. The molecule has 0 saturated heterocycles. The van der Waals surface area contributed by atoms with Crippen molar-refractivity contribution in [2.75, 3.05) is 13.2 Å². The van der Waals surface area contributed by atoms with Crippen LogP contribution in [0.4, 0.5) is 0 Å². The van der Waals surface area contributed by atoms with Crippen LogP contribution in [-0.2, 0) is 21.7 Å². The van der Waals surface area contributed by atoms with E-state index >= 15 is 0 Å². The quantitative estimate of drug-likeness (QED) is 0.241. The summed E-state index contributed by atoms with van der Waals surface area (Å²) >= 11 is 1.83. The molecule has 0 fully saturated rings. The van der Waals surface area contributed by atoms with Crippen LogP contribution in [0.5, 0.6) is 5.75 Å². The molecule has 1 heterocycles. The van der Waals surface area contributed by atoms with Crippen LogP contribution < -0.4 is 4.74 Å². The molecule has 4 aromatic rings. The average Bonchev–Trinajstić information content (AvgIpc) is 3.52. The second-order valence-electron chi connectivity index (χ2n) is 8.27. The van der Waals surface area contributed by atoms with Crippen LogP contribution in [0.25, 0.3) is 22.6 Å². The van der Waals surface area contributed by atoms with Crippen molar-refractivity contribution in [2.45, 2.75) is 30.8 Å². The zero-order chi connectivity index (χ0) is 24.0. The predicted octanol–water partition coefficient (Wildman–Crippen LogP) is 6.87. The second-order valence-corrected chi connectivity index (χ2v) is 9.46. The highest BCUT2D eigenvalue weighted by atomic mass is 32.2. The van der Waals surface area contributed by atoms with E-state index in [2.05, 4.69) is 30.3 Å². The predicted molar refractivity (Wildman–Crippen MR) is 138 cm³/mol. The van der Waals surface area contributed by atoms with E-state index in [0.717, 1.165) is 47.1 Å². The highest BCUT2D eigenvalue weighted by molar-refractivity contribution is 7.98. The summed E-state index contributed by atoms with van der Waals surface area (Å²) < 4.78 is 17.1. The fourth-order valence-corrected chi connectivity index (χ4v) is 5.56. The number of carbonyl (C=O) groups is 1. The van der Waals surface area contributed by atoms with Crippen molar-refractivity contribution in [3.63, 3.8) is 0 Å². The molecule has 0 radical (unpaired) electrons. The molecule has 0 amide bonds. The standard InChI is InChI=1S/C29H27NO4S/c1-2-32-27(31)18-33-24-15-9-14-23-22(24)16-17-25(23)35-19-26-30-28(20-10-5-3-6-11-20)29(34-26)21-12-7-4-8-13-21/h3-15,25H,2,16-19H2,1H3. The molecule has 35 heavy (non-hydrogen) atoms. The Labute approximate surface area is 209 Å². The maximum Gasteiger partial charge on any atom is 0.344 e. The van der Waals surface area contributed by atoms with Crippen LogP contribution in [-0.4, -0.2) is 24.2 Å². The van der Waals surface area contributed by atoms with Gasteiger partial charge in [0.1, 0.15) is 11.4 Å². The largest absolute Gasteiger partial charge is 0.482 e. The number of thioether (sulfide) groups is 1. The molecule has 1 aliphatic carbocycles. The summed E-state index contributed by atoms with van der Waals surface area (Å²) in [5, 5.41) is 0.323. The molecular weight excluding hydrogens is 458 g/mol. The van der Waals surface area contributed by atoms with Gasteiger partial charge < -0.3 is 13.9 Å². The lowest BCUT2D eigenvalue weighted by Crippen LogP contribution is -2.15. The molecule has 1 unspecified atom stereocenters. The number of hydrogen-bond donors (Lipinski definition) is 0. The number of nitrogens with zero attached hydrogens (tertiary/aromatic N) is 1. The van der Waals surface area contributed by atoms with E-state index in [9.17, 15) is 4.79 Å². The first-order chi connectivity index (χ1) is 17.2. The monoisotopic (exact) mass is 485 g/mol. The lowest BCUT2D eigenvalue weighted by atomic mass is 10.1. The number of aromatic nitrogens is 1. The zero-order valence-electron chi connectivity index (χ0n) is 19.6. The summed E-state index contributed by atoms with van der Waals surface area (Å²) in [7, 11) is 0. The van der Waals surface area contributed by atoms with Crippen LogP contribution in [0, 0.1) is 0 Å². The fraction of sp³-hybridized carbons (Fsp3) is 0.241. The van der Waals surface area contributed by atoms with Crippen LogP contribution in [0.2, 0.25) is 0 Å². The van der Waals surface area contributed by atoms with Crippen molar-refractivity contribution in [1.82, 2.24) is 4.98 Å². The summed E-state index contributed by atoms with van der Waals surface area (Å²) in [5.41, 5.74) is 5.37. The molecule has 0 bridgehead atoms. The van der Waals surface area contributed by atoms with Crippen LogP contribution in [0.1, 0.15) is 35.6 Å². The molecule has 0 spiro atoms. The third-order valence-corrected chi connectivity index (χ3v) is 7.29. The van der Waals surface area contributed by atoms with Crippen molar-refractivity contribution in [3.8, 4) is 28.3 Å². The number of carbonyl (C=O) groups excluding carboxylic acids is 1. The van der Waals surface area contributed by atoms with Crippen LogP contribution >= 0.6 is 11.8 Å². The molecule has 5 rings (SSSR count). The van der Waals surface area contributed by atoms with Crippen molar-refractivity contribution >= 4 is 17.7 Å². The molecular formula is C29H27NO4S. The van der Waals surface area contributed by atoms with Gasteiger partial charge >= 0.3 is 5.97 Å². The van der Waals surface area contributed by atoms with Gasteiger partial charge in [-0.2, -0.15) is 0 Å². The highest BCUT2D eigenvalue weighted by Crippen LogP contribution is 2.46. The molecule has 1 aliphatic rings.